The molecule has 0 unspecified atom stereocenters. The second-order valence-corrected chi connectivity index (χ2v) is 3.48. The van der Waals surface area contributed by atoms with E-state index in [9.17, 15) is 0 Å². The zero-order valence-electron chi connectivity index (χ0n) is 8.70. The van der Waals surface area contributed by atoms with Crippen LogP contribution in [0.3, 0.4) is 0 Å². The molecule has 0 bridgehead atoms. The van der Waals surface area contributed by atoms with Crippen LogP contribution in [0.1, 0.15) is 17.0 Å². The Morgan fingerprint density at radius 2 is 2.07 bits per heavy atom. The summed E-state index contributed by atoms with van der Waals surface area (Å²) in [6.45, 7) is 7.40. The van der Waals surface area contributed by atoms with Crippen LogP contribution in [0.15, 0.2) is 27.7 Å². The van der Waals surface area contributed by atoms with Crippen LogP contribution >= 0.6 is 0 Å². The molecule has 0 amide bonds. The number of aryl methyl sites for hydroxylation is 2. The minimum Gasteiger partial charge on any atom is -0.451 e. The smallest absolute Gasteiger partial charge is 0.202 e. The molecule has 2 aromatic rings. The molecule has 4 heteroatoms. The van der Waals surface area contributed by atoms with Crippen LogP contribution in [-0.2, 0) is 0 Å². The molecule has 0 spiro atoms. The van der Waals surface area contributed by atoms with E-state index in [4.69, 9.17) is 14.7 Å². The summed E-state index contributed by atoms with van der Waals surface area (Å²) in [7, 11) is 0. The Morgan fingerprint density at radius 1 is 1.33 bits per heavy atom. The predicted molar refractivity (Wildman–Crippen MR) is 56.9 cm³/mol. The van der Waals surface area contributed by atoms with Crippen LogP contribution in [0.25, 0.3) is 17.2 Å². The molecule has 2 N–H and O–H groups in total. The van der Waals surface area contributed by atoms with Gasteiger partial charge in [-0.1, -0.05) is 11.7 Å². The van der Waals surface area contributed by atoms with Crippen molar-refractivity contribution in [3.63, 3.8) is 0 Å². The summed E-state index contributed by atoms with van der Waals surface area (Å²) >= 11 is 0. The maximum absolute atomic E-state index is 5.58. The average Bonchev–Trinajstić information content (AvgIpc) is 2.71. The lowest BCUT2D eigenvalue weighted by atomic mass is 10.2. The Morgan fingerprint density at radius 3 is 2.53 bits per heavy atom. The van der Waals surface area contributed by atoms with Gasteiger partial charge in [0.05, 0.1) is 11.4 Å². The average molecular weight is 204 g/mol. The van der Waals surface area contributed by atoms with Gasteiger partial charge in [0.2, 0.25) is 5.76 Å². The van der Waals surface area contributed by atoms with Gasteiger partial charge in [0.25, 0.3) is 0 Å². The van der Waals surface area contributed by atoms with Gasteiger partial charge in [-0.05, 0) is 25.5 Å². The fraction of sp³-hybridized carbons (Fsp3) is 0.182. The number of hydrogen-bond donors (Lipinski definition) is 1. The van der Waals surface area contributed by atoms with Crippen molar-refractivity contribution in [1.29, 1.82) is 0 Å². The summed E-state index contributed by atoms with van der Waals surface area (Å²) in [6.07, 6.45) is 0. The Balaban J connectivity index is 2.46. The zero-order valence-corrected chi connectivity index (χ0v) is 8.70. The Kier molecular flexibility index (Phi) is 2.11. The molecule has 0 aliphatic carbocycles. The third kappa shape index (κ3) is 1.66. The van der Waals surface area contributed by atoms with Crippen LogP contribution < -0.4 is 5.73 Å². The van der Waals surface area contributed by atoms with Crippen molar-refractivity contribution >= 4 is 5.70 Å². The van der Waals surface area contributed by atoms with E-state index in [-0.39, 0.29) is 0 Å². The molecule has 0 aliphatic heterocycles. The quantitative estimate of drug-likeness (QED) is 0.816. The van der Waals surface area contributed by atoms with E-state index in [1.807, 2.05) is 19.9 Å². The first-order valence-electron chi connectivity index (χ1n) is 4.57. The summed E-state index contributed by atoms with van der Waals surface area (Å²) in [4.78, 5) is 0. The van der Waals surface area contributed by atoms with Gasteiger partial charge in [-0.3, -0.25) is 0 Å². The molecule has 0 aromatic carbocycles. The summed E-state index contributed by atoms with van der Waals surface area (Å²) in [6, 6.07) is 3.66. The van der Waals surface area contributed by atoms with Gasteiger partial charge in [0.1, 0.15) is 0 Å². The Labute approximate surface area is 87.4 Å². The topological polar surface area (TPSA) is 65.2 Å². The van der Waals surface area contributed by atoms with E-state index in [0.29, 0.717) is 23.0 Å². The number of hydrogen-bond acceptors (Lipinski definition) is 4. The van der Waals surface area contributed by atoms with Gasteiger partial charge in [-0.2, -0.15) is 0 Å². The molecule has 15 heavy (non-hydrogen) atoms. The first kappa shape index (κ1) is 9.58. The maximum atomic E-state index is 5.58. The molecule has 0 saturated carbocycles. The van der Waals surface area contributed by atoms with E-state index in [1.165, 1.54) is 0 Å². The highest BCUT2D eigenvalue weighted by Gasteiger charge is 2.13. The van der Waals surface area contributed by atoms with Crippen LogP contribution in [0.2, 0.25) is 0 Å². The van der Waals surface area contributed by atoms with E-state index < -0.39 is 0 Å². The lowest BCUT2D eigenvalue weighted by Gasteiger charge is -1.93. The highest BCUT2D eigenvalue weighted by molar-refractivity contribution is 5.63. The fourth-order valence-corrected chi connectivity index (χ4v) is 1.40. The van der Waals surface area contributed by atoms with E-state index in [0.717, 1.165) is 11.3 Å². The number of nitrogens with two attached hydrogens (primary N) is 1. The molecule has 78 valence electrons. The van der Waals surface area contributed by atoms with Crippen molar-refractivity contribution in [3.05, 3.63) is 35.7 Å². The second-order valence-electron chi connectivity index (χ2n) is 3.48. The minimum absolute atomic E-state index is 0.412. The summed E-state index contributed by atoms with van der Waals surface area (Å²) < 4.78 is 10.6. The molecule has 2 heterocycles. The van der Waals surface area contributed by atoms with Crippen molar-refractivity contribution in [2.45, 2.75) is 13.8 Å². The van der Waals surface area contributed by atoms with E-state index >= 15 is 0 Å². The van der Waals surface area contributed by atoms with Crippen molar-refractivity contribution in [3.8, 4) is 11.5 Å². The third-order valence-corrected chi connectivity index (χ3v) is 2.08. The lowest BCUT2D eigenvalue weighted by molar-refractivity contribution is 0.412. The van der Waals surface area contributed by atoms with Crippen molar-refractivity contribution in [2.75, 3.05) is 0 Å². The van der Waals surface area contributed by atoms with E-state index in [1.54, 1.807) is 6.07 Å². The maximum Gasteiger partial charge on any atom is 0.202 e. The van der Waals surface area contributed by atoms with Gasteiger partial charge in [-0.25, -0.2) is 0 Å². The molecular formula is C11H12N2O2. The first-order chi connectivity index (χ1) is 7.08. The molecule has 4 nitrogen and oxygen atoms in total. The van der Waals surface area contributed by atoms with E-state index in [2.05, 4.69) is 11.7 Å². The molecule has 0 atom stereocenters. The fourth-order valence-electron chi connectivity index (χ4n) is 1.40. The number of furan rings is 1. The number of aromatic nitrogens is 1. The molecule has 0 radical (unpaired) electrons. The summed E-state index contributed by atoms with van der Waals surface area (Å²) in [5.74, 6) is 1.82. The minimum atomic E-state index is 0.412. The first-order valence-corrected chi connectivity index (χ1v) is 4.57. The van der Waals surface area contributed by atoms with Crippen LogP contribution in [0.4, 0.5) is 0 Å². The Hall–Kier alpha value is -1.97. The molecule has 2 rings (SSSR count). The van der Waals surface area contributed by atoms with Gasteiger partial charge in [0, 0.05) is 6.07 Å². The van der Waals surface area contributed by atoms with Crippen LogP contribution in [0, 0.1) is 13.8 Å². The SMILES string of the molecule is C=C(N)c1oc(-c2cc(C)no2)cc1C. The van der Waals surface area contributed by atoms with Crippen molar-refractivity contribution < 1.29 is 8.94 Å². The van der Waals surface area contributed by atoms with Gasteiger partial charge in [0.15, 0.2) is 11.5 Å². The largest absolute Gasteiger partial charge is 0.451 e. The molecule has 0 aliphatic rings. The Bertz CT molecular complexity index is 508. The van der Waals surface area contributed by atoms with Crippen LogP contribution in [0.5, 0.6) is 0 Å². The molecule has 0 saturated heterocycles. The normalized spacial score (nSPS) is 10.5. The second kappa shape index (κ2) is 3.31. The van der Waals surface area contributed by atoms with Gasteiger partial charge >= 0.3 is 0 Å². The molecule has 0 fully saturated rings. The van der Waals surface area contributed by atoms with Gasteiger partial charge < -0.3 is 14.7 Å². The summed E-state index contributed by atoms with van der Waals surface area (Å²) in [5, 5.41) is 3.79. The summed E-state index contributed by atoms with van der Waals surface area (Å²) in [5.41, 5.74) is 7.74. The number of rotatable bonds is 2. The highest BCUT2D eigenvalue weighted by atomic mass is 16.5. The predicted octanol–water partition coefficient (Wildman–Crippen LogP) is 2.48. The molecule has 2 aromatic heterocycles. The third-order valence-electron chi connectivity index (χ3n) is 2.08. The van der Waals surface area contributed by atoms with Gasteiger partial charge in [-0.15, -0.1) is 0 Å². The lowest BCUT2D eigenvalue weighted by Crippen LogP contribution is -1.92. The van der Waals surface area contributed by atoms with Crippen LogP contribution in [-0.4, -0.2) is 5.16 Å². The highest BCUT2D eigenvalue weighted by Crippen LogP contribution is 2.27. The molecular weight excluding hydrogens is 192 g/mol. The standard InChI is InChI=1S/C11H12N2O2/c1-6-4-9(14-11(6)8(3)12)10-5-7(2)13-15-10/h4-5H,3,12H2,1-2H3. The van der Waals surface area contributed by atoms with Crippen molar-refractivity contribution in [2.24, 2.45) is 5.73 Å². The monoisotopic (exact) mass is 204 g/mol. The zero-order chi connectivity index (χ0) is 11.0. The van der Waals surface area contributed by atoms with Crippen molar-refractivity contribution in [1.82, 2.24) is 5.16 Å². The number of nitrogens with zero attached hydrogens (tertiary/aromatic N) is 1.